The normalized spacial score (nSPS) is 17.8. The standard InChI is InChI=1S/C18H26F3N3O2/c1-3-22-16(24-13-17(25-2)8-10-26-11-9-17)23-12-14-4-6-15(7-5-14)18(19,20)21/h4-7H,3,8-13H2,1-2H3,(H2,22,23,24). The molecular formula is C18H26F3N3O2. The number of nitrogens with one attached hydrogen (secondary N) is 2. The van der Waals surface area contributed by atoms with E-state index in [1.807, 2.05) is 6.92 Å². The molecule has 0 unspecified atom stereocenters. The topological polar surface area (TPSA) is 54.9 Å². The highest BCUT2D eigenvalue weighted by atomic mass is 19.4. The minimum Gasteiger partial charge on any atom is -0.381 e. The van der Waals surface area contributed by atoms with Crippen molar-refractivity contribution in [2.24, 2.45) is 4.99 Å². The predicted molar refractivity (Wildman–Crippen MR) is 94.1 cm³/mol. The van der Waals surface area contributed by atoms with Gasteiger partial charge in [0.25, 0.3) is 0 Å². The number of hydrogen-bond donors (Lipinski definition) is 2. The molecule has 2 rings (SSSR count). The first-order valence-corrected chi connectivity index (χ1v) is 8.70. The maximum absolute atomic E-state index is 12.6. The number of guanidine groups is 1. The van der Waals surface area contributed by atoms with E-state index in [0.29, 0.717) is 37.8 Å². The molecule has 0 aromatic heterocycles. The van der Waals surface area contributed by atoms with Gasteiger partial charge in [-0.3, -0.25) is 0 Å². The summed E-state index contributed by atoms with van der Waals surface area (Å²) in [6.07, 6.45) is -2.72. The minimum absolute atomic E-state index is 0.288. The van der Waals surface area contributed by atoms with Gasteiger partial charge in [-0.2, -0.15) is 13.2 Å². The van der Waals surface area contributed by atoms with E-state index in [9.17, 15) is 13.2 Å². The average molecular weight is 373 g/mol. The number of ether oxygens (including phenoxy) is 2. The Bertz CT molecular complexity index is 582. The summed E-state index contributed by atoms with van der Waals surface area (Å²) < 4.78 is 48.9. The van der Waals surface area contributed by atoms with Gasteiger partial charge in [0.2, 0.25) is 0 Å². The summed E-state index contributed by atoms with van der Waals surface area (Å²) in [5.74, 6) is 0.607. The molecule has 0 amide bonds. The van der Waals surface area contributed by atoms with Crippen LogP contribution >= 0.6 is 0 Å². The molecule has 0 bridgehead atoms. The molecule has 1 aromatic rings. The van der Waals surface area contributed by atoms with E-state index < -0.39 is 11.7 Å². The number of halogens is 3. The number of benzene rings is 1. The van der Waals surface area contributed by atoms with E-state index in [4.69, 9.17) is 9.47 Å². The van der Waals surface area contributed by atoms with Crippen molar-refractivity contribution in [2.45, 2.75) is 38.1 Å². The van der Waals surface area contributed by atoms with Gasteiger partial charge >= 0.3 is 6.18 Å². The van der Waals surface area contributed by atoms with Crippen molar-refractivity contribution in [1.82, 2.24) is 10.6 Å². The third-order valence-corrected chi connectivity index (χ3v) is 4.46. The van der Waals surface area contributed by atoms with Crippen LogP contribution < -0.4 is 10.6 Å². The predicted octanol–water partition coefficient (Wildman–Crippen LogP) is 2.96. The molecule has 1 aromatic carbocycles. The summed E-state index contributed by atoms with van der Waals surface area (Å²) in [5, 5.41) is 6.41. The largest absolute Gasteiger partial charge is 0.416 e. The van der Waals surface area contributed by atoms with Crippen LogP contribution in [0.1, 0.15) is 30.9 Å². The highest BCUT2D eigenvalue weighted by molar-refractivity contribution is 5.79. The summed E-state index contributed by atoms with van der Waals surface area (Å²) in [4.78, 5) is 4.45. The molecule has 1 fully saturated rings. The first-order chi connectivity index (χ1) is 12.4. The van der Waals surface area contributed by atoms with E-state index in [0.717, 1.165) is 25.0 Å². The molecule has 0 radical (unpaired) electrons. The van der Waals surface area contributed by atoms with Gasteiger partial charge in [0.15, 0.2) is 5.96 Å². The molecule has 0 saturated carbocycles. The number of hydrogen-bond acceptors (Lipinski definition) is 3. The summed E-state index contributed by atoms with van der Waals surface area (Å²) in [5.41, 5.74) is -0.234. The number of rotatable bonds is 6. The van der Waals surface area contributed by atoms with Crippen LogP contribution in [0.2, 0.25) is 0 Å². The molecule has 1 saturated heterocycles. The lowest BCUT2D eigenvalue weighted by atomic mass is 9.94. The van der Waals surface area contributed by atoms with Crippen LogP contribution in [0.25, 0.3) is 0 Å². The van der Waals surface area contributed by atoms with Crippen LogP contribution in [0.4, 0.5) is 13.2 Å². The zero-order chi connectivity index (χ0) is 19.0. The first kappa shape index (κ1) is 20.5. The van der Waals surface area contributed by atoms with Gasteiger partial charge in [0, 0.05) is 46.3 Å². The van der Waals surface area contributed by atoms with Gasteiger partial charge in [-0.15, -0.1) is 0 Å². The van der Waals surface area contributed by atoms with E-state index in [2.05, 4.69) is 15.6 Å². The first-order valence-electron chi connectivity index (χ1n) is 8.70. The summed E-state index contributed by atoms with van der Waals surface area (Å²) >= 11 is 0. The molecular weight excluding hydrogens is 347 g/mol. The molecule has 1 heterocycles. The van der Waals surface area contributed by atoms with Crippen molar-refractivity contribution in [3.63, 3.8) is 0 Å². The monoisotopic (exact) mass is 373 g/mol. The van der Waals surface area contributed by atoms with Crippen LogP contribution in [0.15, 0.2) is 29.3 Å². The molecule has 1 aliphatic rings. The van der Waals surface area contributed by atoms with E-state index in [-0.39, 0.29) is 12.1 Å². The van der Waals surface area contributed by atoms with Crippen LogP contribution in [-0.2, 0) is 22.2 Å². The van der Waals surface area contributed by atoms with Crippen LogP contribution in [-0.4, -0.2) is 45.0 Å². The number of aliphatic imine (C=N–C) groups is 1. The Balaban J connectivity index is 1.97. The second kappa shape index (κ2) is 9.23. The van der Waals surface area contributed by atoms with E-state index >= 15 is 0 Å². The van der Waals surface area contributed by atoms with E-state index in [1.54, 1.807) is 7.11 Å². The van der Waals surface area contributed by atoms with Crippen molar-refractivity contribution in [3.8, 4) is 0 Å². The Labute approximate surface area is 152 Å². The SMILES string of the molecule is CCNC(=NCc1ccc(C(F)(F)F)cc1)NCC1(OC)CCOCC1. The Morgan fingerprint density at radius 1 is 1.19 bits per heavy atom. The molecule has 146 valence electrons. The Morgan fingerprint density at radius 2 is 1.85 bits per heavy atom. The Kier molecular flexibility index (Phi) is 7.28. The molecule has 2 N–H and O–H groups in total. The molecule has 0 aliphatic carbocycles. The fraction of sp³-hybridized carbons (Fsp3) is 0.611. The van der Waals surface area contributed by atoms with Crippen molar-refractivity contribution in [1.29, 1.82) is 0 Å². The molecule has 5 nitrogen and oxygen atoms in total. The average Bonchev–Trinajstić information content (AvgIpc) is 2.64. The van der Waals surface area contributed by atoms with Gasteiger partial charge in [-0.05, 0) is 24.6 Å². The fourth-order valence-electron chi connectivity index (χ4n) is 2.75. The van der Waals surface area contributed by atoms with Gasteiger partial charge in [0.05, 0.1) is 17.7 Å². The van der Waals surface area contributed by atoms with Gasteiger partial charge in [0.1, 0.15) is 0 Å². The number of nitrogens with zero attached hydrogens (tertiary/aromatic N) is 1. The summed E-state index contributed by atoms with van der Waals surface area (Å²) in [6.45, 7) is 4.84. The maximum atomic E-state index is 12.6. The molecule has 1 aliphatic heterocycles. The van der Waals surface area contributed by atoms with Crippen LogP contribution in [0.5, 0.6) is 0 Å². The quantitative estimate of drug-likeness (QED) is 0.595. The second-order valence-electron chi connectivity index (χ2n) is 6.24. The lowest BCUT2D eigenvalue weighted by Gasteiger charge is -2.36. The van der Waals surface area contributed by atoms with Crippen molar-refractivity contribution in [2.75, 3.05) is 33.4 Å². The molecule has 0 atom stereocenters. The lowest BCUT2D eigenvalue weighted by Crippen LogP contribution is -2.50. The van der Waals surface area contributed by atoms with Crippen molar-refractivity contribution in [3.05, 3.63) is 35.4 Å². The zero-order valence-corrected chi connectivity index (χ0v) is 15.2. The van der Waals surface area contributed by atoms with Gasteiger partial charge < -0.3 is 20.1 Å². The highest BCUT2D eigenvalue weighted by Gasteiger charge is 2.32. The molecule has 8 heteroatoms. The minimum atomic E-state index is -4.32. The van der Waals surface area contributed by atoms with Crippen molar-refractivity contribution >= 4 is 5.96 Å². The third-order valence-electron chi connectivity index (χ3n) is 4.46. The zero-order valence-electron chi connectivity index (χ0n) is 15.2. The second-order valence-corrected chi connectivity index (χ2v) is 6.24. The van der Waals surface area contributed by atoms with Gasteiger partial charge in [-0.1, -0.05) is 12.1 Å². The number of alkyl halides is 3. The smallest absolute Gasteiger partial charge is 0.381 e. The molecule has 26 heavy (non-hydrogen) atoms. The van der Waals surface area contributed by atoms with Gasteiger partial charge in [-0.25, -0.2) is 4.99 Å². The van der Waals surface area contributed by atoms with Crippen LogP contribution in [0.3, 0.4) is 0 Å². The van der Waals surface area contributed by atoms with Crippen molar-refractivity contribution < 1.29 is 22.6 Å². The Hall–Kier alpha value is -1.80. The highest BCUT2D eigenvalue weighted by Crippen LogP contribution is 2.29. The summed E-state index contributed by atoms with van der Waals surface area (Å²) in [7, 11) is 1.69. The Morgan fingerprint density at radius 3 is 2.38 bits per heavy atom. The third kappa shape index (κ3) is 5.88. The van der Waals surface area contributed by atoms with E-state index in [1.165, 1.54) is 12.1 Å². The molecule has 0 spiro atoms. The number of methoxy groups -OCH3 is 1. The summed E-state index contributed by atoms with van der Waals surface area (Å²) in [6, 6.07) is 5.05. The fourth-order valence-corrected chi connectivity index (χ4v) is 2.75. The maximum Gasteiger partial charge on any atom is 0.416 e. The lowest BCUT2D eigenvalue weighted by molar-refractivity contribution is -0.137. The van der Waals surface area contributed by atoms with Crippen LogP contribution in [0, 0.1) is 0 Å².